The van der Waals surface area contributed by atoms with Gasteiger partial charge < -0.3 is 14.8 Å². The van der Waals surface area contributed by atoms with Crippen molar-refractivity contribution in [1.29, 1.82) is 0 Å². The summed E-state index contributed by atoms with van der Waals surface area (Å²) >= 11 is 0. The molecule has 0 saturated carbocycles. The maximum Gasteiger partial charge on any atom is 0.262 e. The van der Waals surface area contributed by atoms with Crippen molar-refractivity contribution in [1.82, 2.24) is 0 Å². The highest BCUT2D eigenvalue weighted by atomic mass is 32.2. The van der Waals surface area contributed by atoms with Gasteiger partial charge in [0.05, 0.1) is 19.1 Å². The number of anilines is 2. The summed E-state index contributed by atoms with van der Waals surface area (Å²) in [4.78, 5) is 12.5. The van der Waals surface area contributed by atoms with Gasteiger partial charge in [0.1, 0.15) is 0 Å². The van der Waals surface area contributed by atoms with Crippen molar-refractivity contribution >= 4 is 27.3 Å². The van der Waals surface area contributed by atoms with E-state index in [1.165, 1.54) is 50.1 Å². The number of methoxy groups -OCH3 is 2. The zero-order chi connectivity index (χ0) is 22.4. The Labute approximate surface area is 182 Å². The molecular formula is C23H24N2O5S. The van der Waals surface area contributed by atoms with Crippen LogP contribution >= 0.6 is 0 Å². The fourth-order valence-electron chi connectivity index (χ4n) is 2.91. The Morgan fingerprint density at radius 3 is 2.03 bits per heavy atom. The number of carbonyl (C=O) groups excluding carboxylic acids is 1. The molecule has 0 aromatic heterocycles. The molecule has 0 heterocycles. The lowest BCUT2D eigenvalue weighted by molar-refractivity contribution is 0.102. The second-order valence-electron chi connectivity index (χ2n) is 6.70. The van der Waals surface area contributed by atoms with Crippen molar-refractivity contribution < 1.29 is 22.7 Å². The first-order chi connectivity index (χ1) is 14.9. The number of hydrogen-bond acceptors (Lipinski definition) is 5. The third kappa shape index (κ3) is 5.35. The summed E-state index contributed by atoms with van der Waals surface area (Å²) in [6, 6.07) is 18.1. The zero-order valence-electron chi connectivity index (χ0n) is 17.5. The molecule has 0 aliphatic rings. The van der Waals surface area contributed by atoms with Crippen LogP contribution in [0.15, 0.2) is 71.6 Å². The Balaban J connectivity index is 1.71. The van der Waals surface area contributed by atoms with E-state index in [2.05, 4.69) is 17.0 Å². The molecule has 0 spiro atoms. The van der Waals surface area contributed by atoms with Gasteiger partial charge in [-0.1, -0.05) is 19.1 Å². The number of amides is 1. The molecule has 3 aromatic carbocycles. The molecule has 1 amide bonds. The molecule has 0 bridgehead atoms. The van der Waals surface area contributed by atoms with Crippen molar-refractivity contribution in [3.05, 3.63) is 77.9 Å². The predicted molar refractivity (Wildman–Crippen MR) is 121 cm³/mol. The normalized spacial score (nSPS) is 10.9. The number of hydrogen-bond donors (Lipinski definition) is 2. The van der Waals surface area contributed by atoms with Gasteiger partial charge in [0.2, 0.25) is 0 Å². The van der Waals surface area contributed by atoms with Gasteiger partial charge in [0.25, 0.3) is 15.9 Å². The minimum absolute atomic E-state index is 0.0301. The number of carbonyl (C=O) groups is 1. The largest absolute Gasteiger partial charge is 0.493 e. The Morgan fingerprint density at radius 1 is 0.839 bits per heavy atom. The van der Waals surface area contributed by atoms with Crippen molar-refractivity contribution in [2.24, 2.45) is 0 Å². The van der Waals surface area contributed by atoms with E-state index in [0.717, 1.165) is 6.42 Å². The number of benzene rings is 3. The molecule has 162 valence electrons. The predicted octanol–water partition coefficient (Wildman–Crippen LogP) is 4.32. The van der Waals surface area contributed by atoms with Crippen molar-refractivity contribution in [2.75, 3.05) is 24.3 Å². The number of rotatable bonds is 8. The van der Waals surface area contributed by atoms with E-state index in [4.69, 9.17) is 9.47 Å². The van der Waals surface area contributed by atoms with Gasteiger partial charge in [-0.05, 0) is 60.5 Å². The summed E-state index contributed by atoms with van der Waals surface area (Å²) in [5.41, 5.74) is 2.62. The zero-order valence-corrected chi connectivity index (χ0v) is 18.3. The summed E-state index contributed by atoms with van der Waals surface area (Å²) in [6.45, 7) is 2.06. The van der Waals surface area contributed by atoms with Crippen LogP contribution in [0.1, 0.15) is 22.8 Å². The molecule has 3 aromatic rings. The highest BCUT2D eigenvalue weighted by Crippen LogP contribution is 2.30. The van der Waals surface area contributed by atoms with Crippen molar-refractivity contribution in [3.63, 3.8) is 0 Å². The van der Waals surface area contributed by atoms with E-state index in [0.29, 0.717) is 28.4 Å². The van der Waals surface area contributed by atoms with Gasteiger partial charge >= 0.3 is 0 Å². The lowest BCUT2D eigenvalue weighted by Gasteiger charge is -2.12. The molecule has 3 rings (SSSR count). The lowest BCUT2D eigenvalue weighted by atomic mass is 10.1. The molecule has 0 radical (unpaired) electrons. The average molecular weight is 441 g/mol. The number of sulfonamides is 1. The maximum absolute atomic E-state index is 12.7. The molecule has 0 saturated heterocycles. The van der Waals surface area contributed by atoms with Crippen molar-refractivity contribution in [3.8, 4) is 11.5 Å². The third-order valence-electron chi connectivity index (χ3n) is 4.68. The quantitative estimate of drug-likeness (QED) is 0.544. The van der Waals surface area contributed by atoms with E-state index < -0.39 is 10.0 Å². The van der Waals surface area contributed by atoms with Crippen molar-refractivity contribution in [2.45, 2.75) is 18.2 Å². The Kier molecular flexibility index (Phi) is 6.81. The number of aryl methyl sites for hydroxylation is 1. The van der Waals surface area contributed by atoms with Crippen LogP contribution < -0.4 is 19.5 Å². The summed E-state index contributed by atoms with van der Waals surface area (Å²) < 4.78 is 38.2. The topological polar surface area (TPSA) is 93.7 Å². The average Bonchev–Trinajstić information content (AvgIpc) is 2.79. The molecule has 0 fully saturated rings. The van der Waals surface area contributed by atoms with Gasteiger partial charge in [0, 0.05) is 23.0 Å². The standard InChI is InChI=1S/C23H24N2O5S/c1-4-16-5-9-18(10-6-16)24-23(26)17-7-11-19(12-8-17)25-31(27,28)20-13-14-21(29-2)22(15-20)30-3/h5-15,25H,4H2,1-3H3,(H,24,26). The van der Waals surface area contributed by atoms with Crippen LogP contribution in [0.5, 0.6) is 11.5 Å². The van der Waals surface area contributed by atoms with E-state index in [1.807, 2.05) is 24.3 Å². The van der Waals surface area contributed by atoms with Gasteiger partial charge in [-0.2, -0.15) is 0 Å². The molecule has 0 aliphatic carbocycles. The Morgan fingerprint density at radius 2 is 1.45 bits per heavy atom. The molecule has 0 aliphatic heterocycles. The van der Waals surface area contributed by atoms with E-state index in [-0.39, 0.29) is 10.8 Å². The summed E-state index contributed by atoms with van der Waals surface area (Å²) in [5.74, 6) is 0.462. The summed E-state index contributed by atoms with van der Waals surface area (Å²) in [5, 5.41) is 2.82. The monoisotopic (exact) mass is 440 g/mol. The van der Waals surface area contributed by atoms with Gasteiger partial charge in [0.15, 0.2) is 11.5 Å². The van der Waals surface area contributed by atoms with Crippen LogP contribution in [0.4, 0.5) is 11.4 Å². The second kappa shape index (κ2) is 9.53. The molecule has 8 heteroatoms. The summed E-state index contributed by atoms with van der Waals surface area (Å²) in [6.07, 6.45) is 0.925. The lowest BCUT2D eigenvalue weighted by Crippen LogP contribution is -2.14. The van der Waals surface area contributed by atoms with Gasteiger partial charge in [-0.3, -0.25) is 9.52 Å². The first-order valence-electron chi connectivity index (χ1n) is 9.61. The minimum atomic E-state index is -3.85. The Bertz CT molecular complexity index is 1160. The first kappa shape index (κ1) is 22.2. The smallest absolute Gasteiger partial charge is 0.262 e. The van der Waals surface area contributed by atoms with Crippen LogP contribution in [0.3, 0.4) is 0 Å². The van der Waals surface area contributed by atoms with Crippen LogP contribution in [0.25, 0.3) is 0 Å². The minimum Gasteiger partial charge on any atom is -0.493 e. The SMILES string of the molecule is CCc1ccc(NC(=O)c2ccc(NS(=O)(=O)c3ccc(OC)c(OC)c3)cc2)cc1. The molecule has 0 unspecified atom stereocenters. The molecule has 2 N–H and O–H groups in total. The van der Waals surface area contributed by atoms with Gasteiger partial charge in [-0.15, -0.1) is 0 Å². The van der Waals surface area contributed by atoms with E-state index >= 15 is 0 Å². The van der Waals surface area contributed by atoms with E-state index in [9.17, 15) is 13.2 Å². The highest BCUT2D eigenvalue weighted by molar-refractivity contribution is 7.92. The fourth-order valence-corrected chi connectivity index (χ4v) is 3.99. The second-order valence-corrected chi connectivity index (χ2v) is 8.39. The van der Waals surface area contributed by atoms with Crippen LogP contribution in [0.2, 0.25) is 0 Å². The number of ether oxygens (including phenoxy) is 2. The summed E-state index contributed by atoms with van der Waals surface area (Å²) in [7, 11) is -0.937. The molecule has 7 nitrogen and oxygen atoms in total. The first-order valence-corrected chi connectivity index (χ1v) is 11.1. The van der Waals surface area contributed by atoms with Crippen LogP contribution in [0, 0.1) is 0 Å². The van der Waals surface area contributed by atoms with E-state index in [1.54, 1.807) is 12.1 Å². The number of nitrogens with one attached hydrogen (secondary N) is 2. The molecule has 0 atom stereocenters. The van der Waals surface area contributed by atoms with Crippen LogP contribution in [-0.2, 0) is 16.4 Å². The fraction of sp³-hybridized carbons (Fsp3) is 0.174. The third-order valence-corrected chi connectivity index (χ3v) is 6.06. The highest BCUT2D eigenvalue weighted by Gasteiger charge is 2.17. The van der Waals surface area contributed by atoms with Crippen LogP contribution in [-0.4, -0.2) is 28.5 Å². The maximum atomic E-state index is 12.7. The molecule has 31 heavy (non-hydrogen) atoms. The van der Waals surface area contributed by atoms with Gasteiger partial charge in [-0.25, -0.2) is 8.42 Å². The Hall–Kier alpha value is -3.52. The molecular weight excluding hydrogens is 416 g/mol.